The number of nitrogens with one attached hydrogen (secondary N) is 2. The molecule has 3 amide bonds. The fourth-order valence-electron chi connectivity index (χ4n) is 2.51. The van der Waals surface area contributed by atoms with Crippen LogP contribution in [0.5, 0.6) is 0 Å². The summed E-state index contributed by atoms with van der Waals surface area (Å²) in [5, 5.41) is 0.386. The Labute approximate surface area is 167 Å². The van der Waals surface area contributed by atoms with E-state index in [0.29, 0.717) is 31.0 Å². The van der Waals surface area contributed by atoms with E-state index >= 15 is 0 Å². The summed E-state index contributed by atoms with van der Waals surface area (Å²) in [6.07, 6.45) is 1.84. The summed E-state index contributed by atoms with van der Waals surface area (Å²) in [5.74, 6) is -1.30. The molecule has 1 saturated heterocycles. The van der Waals surface area contributed by atoms with Crippen molar-refractivity contribution in [2.24, 2.45) is 5.92 Å². The minimum absolute atomic E-state index is 0.0406. The number of rotatable bonds is 2. The first kappa shape index (κ1) is 21.2. The molecule has 1 fully saturated rings. The van der Waals surface area contributed by atoms with E-state index in [0.717, 1.165) is 0 Å². The third-order valence-electron chi connectivity index (χ3n) is 3.84. The zero-order valence-corrected chi connectivity index (χ0v) is 16.9. The maximum Gasteiger partial charge on any atom is 0.410 e. The number of likely N-dealkylation sites (tertiary alicyclic amines) is 1. The van der Waals surface area contributed by atoms with Gasteiger partial charge in [0.1, 0.15) is 11.3 Å². The third kappa shape index (κ3) is 6.25. The highest BCUT2D eigenvalue weighted by atomic mass is 35.5. The number of carbonyl (C=O) groups is 3. The molecule has 10 heteroatoms. The van der Waals surface area contributed by atoms with Gasteiger partial charge in [-0.1, -0.05) is 23.2 Å². The van der Waals surface area contributed by atoms with Crippen LogP contribution in [0.2, 0.25) is 10.0 Å². The zero-order valence-electron chi connectivity index (χ0n) is 15.3. The average Bonchev–Trinajstić information content (AvgIpc) is 2.58. The van der Waals surface area contributed by atoms with Gasteiger partial charge in [0, 0.05) is 25.2 Å². The van der Waals surface area contributed by atoms with E-state index in [4.69, 9.17) is 27.9 Å². The van der Waals surface area contributed by atoms with Crippen molar-refractivity contribution in [3.63, 3.8) is 0 Å². The summed E-state index contributed by atoms with van der Waals surface area (Å²) >= 11 is 11.6. The molecule has 1 aromatic heterocycles. The molecule has 1 aromatic rings. The van der Waals surface area contributed by atoms with Crippen molar-refractivity contribution >= 4 is 41.1 Å². The molecule has 27 heavy (non-hydrogen) atoms. The number of piperidine rings is 1. The Balaban J connectivity index is 1.81. The molecular formula is C17H22Cl2N4O4. The molecule has 2 N–H and O–H groups in total. The molecule has 0 spiro atoms. The van der Waals surface area contributed by atoms with Crippen molar-refractivity contribution < 1.29 is 19.1 Å². The van der Waals surface area contributed by atoms with Crippen LogP contribution in [0.1, 0.15) is 44.1 Å². The largest absolute Gasteiger partial charge is 0.444 e. The van der Waals surface area contributed by atoms with Gasteiger partial charge in [0.2, 0.25) is 5.91 Å². The molecule has 1 aliphatic heterocycles. The van der Waals surface area contributed by atoms with E-state index in [1.165, 1.54) is 12.3 Å². The minimum atomic E-state index is -0.642. The fourth-order valence-corrected chi connectivity index (χ4v) is 2.98. The number of hydrogen-bond donors (Lipinski definition) is 2. The molecule has 0 aromatic carbocycles. The van der Waals surface area contributed by atoms with Crippen molar-refractivity contribution in [1.29, 1.82) is 0 Å². The normalized spacial score (nSPS) is 15.2. The fraction of sp³-hybridized carbons (Fsp3) is 0.529. The Morgan fingerprint density at radius 2 is 1.81 bits per heavy atom. The Kier molecular flexibility index (Phi) is 6.89. The summed E-state index contributed by atoms with van der Waals surface area (Å²) < 4.78 is 5.32. The predicted molar refractivity (Wildman–Crippen MR) is 100 cm³/mol. The van der Waals surface area contributed by atoms with Crippen LogP contribution in [0.15, 0.2) is 12.3 Å². The van der Waals surface area contributed by atoms with Gasteiger partial charge >= 0.3 is 6.09 Å². The van der Waals surface area contributed by atoms with E-state index in [2.05, 4.69) is 15.8 Å². The summed E-state index contributed by atoms with van der Waals surface area (Å²) in [6, 6.07) is 1.39. The molecular weight excluding hydrogens is 395 g/mol. The lowest BCUT2D eigenvalue weighted by Gasteiger charge is -2.32. The van der Waals surface area contributed by atoms with Gasteiger partial charge in [-0.15, -0.1) is 0 Å². The molecule has 0 bridgehead atoms. The lowest BCUT2D eigenvalue weighted by molar-refractivity contribution is -0.127. The van der Waals surface area contributed by atoms with E-state index in [9.17, 15) is 14.4 Å². The van der Waals surface area contributed by atoms with Gasteiger partial charge in [-0.3, -0.25) is 20.4 Å². The topological polar surface area (TPSA) is 101 Å². The standard InChI is InChI=1S/C17H22Cl2N4O4/c1-17(2,3)27-16(26)23-6-4-10(5-7-23)14(24)21-22-15(25)13-12(19)8-11(18)9-20-13/h8-10H,4-7H2,1-3H3,(H,21,24)(H,22,25). The number of halogens is 2. The van der Waals surface area contributed by atoms with E-state index in [1.54, 1.807) is 25.7 Å². The maximum atomic E-state index is 12.2. The molecule has 0 saturated carbocycles. The summed E-state index contributed by atoms with van der Waals surface area (Å²) in [6.45, 7) is 6.22. The van der Waals surface area contributed by atoms with Crippen LogP contribution in [0.4, 0.5) is 4.79 Å². The Hall–Kier alpha value is -2.06. The molecule has 0 aliphatic carbocycles. The van der Waals surface area contributed by atoms with Crippen LogP contribution in [0.3, 0.4) is 0 Å². The number of carbonyl (C=O) groups excluding carboxylic acids is 3. The molecule has 0 atom stereocenters. The first-order valence-corrected chi connectivity index (χ1v) is 9.21. The van der Waals surface area contributed by atoms with E-state index < -0.39 is 17.6 Å². The van der Waals surface area contributed by atoms with Crippen molar-refractivity contribution in [3.05, 3.63) is 28.0 Å². The highest BCUT2D eigenvalue weighted by molar-refractivity contribution is 6.36. The van der Waals surface area contributed by atoms with Gasteiger partial charge in [0.15, 0.2) is 0 Å². The Morgan fingerprint density at radius 3 is 2.37 bits per heavy atom. The quantitative estimate of drug-likeness (QED) is 0.721. The van der Waals surface area contributed by atoms with Gasteiger partial charge in [0.05, 0.1) is 10.0 Å². The number of pyridine rings is 1. The highest BCUT2D eigenvalue weighted by Gasteiger charge is 2.30. The second-order valence-corrected chi connectivity index (χ2v) is 8.01. The third-order valence-corrected chi connectivity index (χ3v) is 4.33. The molecule has 1 aliphatic rings. The number of hydrogen-bond acceptors (Lipinski definition) is 5. The molecule has 2 heterocycles. The van der Waals surface area contributed by atoms with Gasteiger partial charge in [-0.2, -0.15) is 0 Å². The second-order valence-electron chi connectivity index (χ2n) is 7.17. The van der Waals surface area contributed by atoms with Crippen LogP contribution < -0.4 is 10.9 Å². The summed E-state index contributed by atoms with van der Waals surface area (Å²) in [4.78, 5) is 41.7. The maximum absolute atomic E-state index is 12.2. The highest BCUT2D eigenvalue weighted by Crippen LogP contribution is 2.20. The summed E-state index contributed by atoms with van der Waals surface area (Å²) in [7, 11) is 0. The molecule has 0 unspecified atom stereocenters. The SMILES string of the molecule is CC(C)(C)OC(=O)N1CCC(C(=O)NNC(=O)c2ncc(Cl)cc2Cl)CC1. The minimum Gasteiger partial charge on any atom is -0.444 e. The lowest BCUT2D eigenvalue weighted by Crippen LogP contribution is -2.49. The van der Waals surface area contributed by atoms with Gasteiger partial charge < -0.3 is 9.64 Å². The van der Waals surface area contributed by atoms with Crippen molar-refractivity contribution in [3.8, 4) is 0 Å². The number of amides is 3. The van der Waals surface area contributed by atoms with Crippen LogP contribution in [-0.4, -0.2) is 46.5 Å². The molecule has 148 valence electrons. The van der Waals surface area contributed by atoms with Gasteiger partial charge in [0.25, 0.3) is 5.91 Å². The van der Waals surface area contributed by atoms with Gasteiger partial charge in [-0.05, 0) is 39.7 Å². The summed E-state index contributed by atoms with van der Waals surface area (Å²) in [5.41, 5.74) is 4.05. The molecule has 2 rings (SSSR count). The zero-order chi connectivity index (χ0) is 20.2. The number of ether oxygens (including phenoxy) is 1. The van der Waals surface area contributed by atoms with E-state index in [-0.39, 0.29) is 22.5 Å². The van der Waals surface area contributed by atoms with E-state index in [1.807, 2.05) is 0 Å². The molecule has 0 radical (unpaired) electrons. The predicted octanol–water partition coefficient (Wildman–Crippen LogP) is 2.80. The Morgan fingerprint density at radius 1 is 1.19 bits per heavy atom. The van der Waals surface area contributed by atoms with Crippen LogP contribution in [0, 0.1) is 5.92 Å². The monoisotopic (exact) mass is 416 g/mol. The average molecular weight is 417 g/mol. The molecule has 8 nitrogen and oxygen atoms in total. The van der Waals surface area contributed by atoms with Crippen LogP contribution in [-0.2, 0) is 9.53 Å². The smallest absolute Gasteiger partial charge is 0.410 e. The number of aromatic nitrogens is 1. The number of nitrogens with zero attached hydrogens (tertiary/aromatic N) is 2. The first-order chi connectivity index (χ1) is 12.6. The second kappa shape index (κ2) is 8.75. The lowest BCUT2D eigenvalue weighted by atomic mass is 9.96. The van der Waals surface area contributed by atoms with Crippen molar-refractivity contribution in [2.45, 2.75) is 39.2 Å². The van der Waals surface area contributed by atoms with Gasteiger partial charge in [-0.25, -0.2) is 9.78 Å². The number of hydrazine groups is 1. The Bertz CT molecular complexity index is 728. The van der Waals surface area contributed by atoms with Crippen LogP contribution >= 0.6 is 23.2 Å². The first-order valence-electron chi connectivity index (χ1n) is 8.46. The van der Waals surface area contributed by atoms with Crippen molar-refractivity contribution in [2.75, 3.05) is 13.1 Å². The van der Waals surface area contributed by atoms with Crippen molar-refractivity contribution in [1.82, 2.24) is 20.7 Å². The van der Waals surface area contributed by atoms with Crippen LogP contribution in [0.25, 0.3) is 0 Å².